The summed E-state index contributed by atoms with van der Waals surface area (Å²) in [4.78, 5) is 45.3. The van der Waals surface area contributed by atoms with Gasteiger partial charge in [-0.2, -0.15) is 0 Å². The minimum absolute atomic E-state index is 0.00342. The van der Waals surface area contributed by atoms with Crippen molar-refractivity contribution in [3.8, 4) is 0 Å². The molecule has 25 heavy (non-hydrogen) atoms. The Hall–Kier alpha value is -2.18. The minimum atomic E-state index is -0.281. The van der Waals surface area contributed by atoms with Crippen molar-refractivity contribution in [2.45, 2.75) is 39.2 Å². The standard InChI is InChI=1S/C18H26N4O3/c1-12(2)22-11-14(9-15(22)23)18(25)21-7-4-5-13(10-21)16(24)17-19-6-8-20(17)3/h6,8,12-14H,4-5,7,9-11H2,1-3H3/t13-,14+/m1/s1. The van der Waals surface area contributed by atoms with Gasteiger partial charge in [0.15, 0.2) is 5.82 Å². The Kier molecular flexibility index (Phi) is 4.92. The lowest BCUT2D eigenvalue weighted by Gasteiger charge is -2.33. The Bertz CT molecular complexity index is 682. The molecular weight excluding hydrogens is 320 g/mol. The van der Waals surface area contributed by atoms with Crippen molar-refractivity contribution in [1.29, 1.82) is 0 Å². The highest BCUT2D eigenvalue weighted by Gasteiger charge is 2.39. The zero-order valence-corrected chi connectivity index (χ0v) is 15.1. The van der Waals surface area contributed by atoms with Gasteiger partial charge in [0.1, 0.15) is 0 Å². The molecule has 7 nitrogen and oxygen atoms in total. The molecule has 2 saturated heterocycles. The first-order valence-corrected chi connectivity index (χ1v) is 8.98. The average Bonchev–Trinajstić information content (AvgIpc) is 3.19. The molecule has 1 aromatic rings. The van der Waals surface area contributed by atoms with E-state index in [-0.39, 0.29) is 41.9 Å². The van der Waals surface area contributed by atoms with Crippen LogP contribution in [-0.2, 0) is 16.6 Å². The van der Waals surface area contributed by atoms with E-state index in [0.717, 1.165) is 12.8 Å². The highest BCUT2D eigenvalue weighted by atomic mass is 16.2. The van der Waals surface area contributed by atoms with Crippen molar-refractivity contribution in [3.63, 3.8) is 0 Å². The van der Waals surface area contributed by atoms with E-state index in [1.165, 1.54) is 0 Å². The quantitative estimate of drug-likeness (QED) is 0.765. The van der Waals surface area contributed by atoms with Crippen molar-refractivity contribution < 1.29 is 14.4 Å². The van der Waals surface area contributed by atoms with Crippen molar-refractivity contribution in [1.82, 2.24) is 19.4 Å². The normalized spacial score (nSPS) is 24.2. The van der Waals surface area contributed by atoms with Crippen LogP contribution >= 0.6 is 0 Å². The van der Waals surface area contributed by atoms with E-state index < -0.39 is 0 Å². The molecule has 0 radical (unpaired) electrons. The molecule has 2 amide bonds. The molecule has 136 valence electrons. The van der Waals surface area contributed by atoms with Gasteiger partial charge in [-0.3, -0.25) is 14.4 Å². The van der Waals surface area contributed by atoms with Crippen LogP contribution in [0.4, 0.5) is 0 Å². The summed E-state index contributed by atoms with van der Waals surface area (Å²) in [5.41, 5.74) is 0. The summed E-state index contributed by atoms with van der Waals surface area (Å²) in [6, 6.07) is 0.115. The van der Waals surface area contributed by atoms with Crippen LogP contribution < -0.4 is 0 Å². The number of nitrogens with zero attached hydrogens (tertiary/aromatic N) is 4. The predicted octanol–water partition coefficient (Wildman–Crippen LogP) is 1.10. The van der Waals surface area contributed by atoms with Crippen LogP contribution in [0.25, 0.3) is 0 Å². The van der Waals surface area contributed by atoms with Gasteiger partial charge < -0.3 is 14.4 Å². The third-order valence-corrected chi connectivity index (χ3v) is 5.28. The van der Waals surface area contributed by atoms with Gasteiger partial charge in [0.2, 0.25) is 17.6 Å². The average molecular weight is 346 g/mol. The van der Waals surface area contributed by atoms with Crippen LogP contribution in [0.15, 0.2) is 12.4 Å². The summed E-state index contributed by atoms with van der Waals surface area (Å²) in [7, 11) is 1.80. The fraction of sp³-hybridized carbons (Fsp3) is 0.667. The summed E-state index contributed by atoms with van der Waals surface area (Å²) in [5, 5.41) is 0. The summed E-state index contributed by atoms with van der Waals surface area (Å²) < 4.78 is 1.72. The highest BCUT2D eigenvalue weighted by molar-refractivity contribution is 5.95. The topological polar surface area (TPSA) is 75.5 Å². The lowest BCUT2D eigenvalue weighted by atomic mass is 9.92. The van der Waals surface area contributed by atoms with Crippen LogP contribution in [0.2, 0.25) is 0 Å². The molecule has 0 N–H and O–H groups in total. The number of carbonyl (C=O) groups excluding carboxylic acids is 3. The molecular formula is C18H26N4O3. The number of hydrogen-bond donors (Lipinski definition) is 0. The molecule has 2 atom stereocenters. The molecule has 2 aliphatic heterocycles. The number of likely N-dealkylation sites (tertiary alicyclic amines) is 2. The molecule has 0 aromatic carbocycles. The zero-order chi connectivity index (χ0) is 18.1. The van der Waals surface area contributed by atoms with Gasteiger partial charge >= 0.3 is 0 Å². The molecule has 3 heterocycles. The summed E-state index contributed by atoms with van der Waals surface area (Å²) in [6.07, 6.45) is 5.23. The lowest BCUT2D eigenvalue weighted by Crippen LogP contribution is -2.45. The first-order chi connectivity index (χ1) is 11.9. The third kappa shape index (κ3) is 3.45. The maximum absolute atomic E-state index is 12.9. The molecule has 0 bridgehead atoms. The Morgan fingerprint density at radius 2 is 2.00 bits per heavy atom. The summed E-state index contributed by atoms with van der Waals surface area (Å²) in [5.74, 6) is 0.00601. The van der Waals surface area contributed by atoms with E-state index in [1.807, 2.05) is 13.8 Å². The number of piperidine rings is 1. The largest absolute Gasteiger partial charge is 0.342 e. The number of amides is 2. The van der Waals surface area contributed by atoms with Crippen LogP contribution in [0.3, 0.4) is 0 Å². The van der Waals surface area contributed by atoms with Crippen molar-refractivity contribution in [3.05, 3.63) is 18.2 Å². The second-order valence-electron chi connectivity index (χ2n) is 7.39. The van der Waals surface area contributed by atoms with Gasteiger partial charge in [-0.05, 0) is 26.7 Å². The summed E-state index contributed by atoms with van der Waals surface area (Å²) >= 11 is 0. The number of rotatable bonds is 4. The zero-order valence-electron chi connectivity index (χ0n) is 15.1. The van der Waals surface area contributed by atoms with Gasteiger partial charge in [0, 0.05) is 57.5 Å². The highest BCUT2D eigenvalue weighted by Crippen LogP contribution is 2.26. The first kappa shape index (κ1) is 17.6. The van der Waals surface area contributed by atoms with Gasteiger partial charge in [0.25, 0.3) is 0 Å². The van der Waals surface area contributed by atoms with Gasteiger partial charge in [0.05, 0.1) is 5.92 Å². The number of hydrogen-bond acceptors (Lipinski definition) is 4. The number of Topliss-reactive ketones (excluding diaryl/α,β-unsaturated/α-hetero) is 1. The Morgan fingerprint density at radius 3 is 2.60 bits per heavy atom. The maximum Gasteiger partial charge on any atom is 0.228 e. The number of aromatic nitrogens is 2. The summed E-state index contributed by atoms with van der Waals surface area (Å²) in [6.45, 7) is 5.51. The maximum atomic E-state index is 12.9. The molecule has 0 spiro atoms. The second kappa shape index (κ2) is 6.98. The fourth-order valence-electron chi connectivity index (χ4n) is 3.83. The van der Waals surface area contributed by atoms with E-state index in [9.17, 15) is 14.4 Å². The number of ketones is 1. The van der Waals surface area contributed by atoms with E-state index in [1.54, 1.807) is 33.8 Å². The second-order valence-corrected chi connectivity index (χ2v) is 7.39. The van der Waals surface area contributed by atoms with E-state index in [0.29, 0.717) is 25.5 Å². The van der Waals surface area contributed by atoms with Gasteiger partial charge in [-0.15, -0.1) is 0 Å². The van der Waals surface area contributed by atoms with E-state index in [4.69, 9.17) is 0 Å². The smallest absolute Gasteiger partial charge is 0.228 e. The lowest BCUT2D eigenvalue weighted by molar-refractivity contribution is -0.137. The van der Waals surface area contributed by atoms with Crippen molar-refractivity contribution in [2.24, 2.45) is 18.9 Å². The first-order valence-electron chi connectivity index (χ1n) is 8.98. The van der Waals surface area contributed by atoms with Crippen LogP contribution in [0.1, 0.15) is 43.7 Å². The van der Waals surface area contributed by atoms with Gasteiger partial charge in [-0.25, -0.2) is 4.98 Å². The van der Waals surface area contributed by atoms with Crippen molar-refractivity contribution in [2.75, 3.05) is 19.6 Å². The molecule has 2 fully saturated rings. The van der Waals surface area contributed by atoms with Crippen molar-refractivity contribution >= 4 is 17.6 Å². The number of carbonyl (C=O) groups is 3. The molecule has 0 saturated carbocycles. The molecule has 3 rings (SSSR count). The monoisotopic (exact) mass is 346 g/mol. The molecule has 0 unspecified atom stereocenters. The Balaban J connectivity index is 1.65. The third-order valence-electron chi connectivity index (χ3n) is 5.28. The predicted molar refractivity (Wildman–Crippen MR) is 91.8 cm³/mol. The Morgan fingerprint density at radius 1 is 1.24 bits per heavy atom. The number of imidazole rings is 1. The van der Waals surface area contributed by atoms with Crippen LogP contribution in [0.5, 0.6) is 0 Å². The SMILES string of the molecule is CC(C)N1C[C@@H](C(=O)N2CCC[C@@H](C(=O)c3nccn3C)C2)CC1=O. The van der Waals surface area contributed by atoms with Crippen LogP contribution in [-0.4, -0.2) is 62.6 Å². The van der Waals surface area contributed by atoms with E-state index >= 15 is 0 Å². The molecule has 0 aliphatic carbocycles. The Labute approximate surface area is 148 Å². The van der Waals surface area contributed by atoms with E-state index in [2.05, 4.69) is 4.98 Å². The van der Waals surface area contributed by atoms with Crippen LogP contribution in [0, 0.1) is 11.8 Å². The molecule has 2 aliphatic rings. The number of aryl methyl sites for hydroxylation is 1. The minimum Gasteiger partial charge on any atom is -0.342 e. The van der Waals surface area contributed by atoms with Gasteiger partial charge in [-0.1, -0.05) is 0 Å². The molecule has 1 aromatic heterocycles. The fourth-order valence-corrected chi connectivity index (χ4v) is 3.83. The molecule has 7 heteroatoms.